The van der Waals surface area contributed by atoms with Gasteiger partial charge in [-0.2, -0.15) is 10.2 Å². The summed E-state index contributed by atoms with van der Waals surface area (Å²) in [6.45, 7) is 0. The van der Waals surface area contributed by atoms with E-state index in [0.29, 0.717) is 0 Å². The predicted octanol–water partition coefficient (Wildman–Crippen LogP) is 0.370. The van der Waals surface area contributed by atoms with E-state index < -0.39 is 5.75 Å². The summed E-state index contributed by atoms with van der Waals surface area (Å²) in [6.07, 6.45) is 0. The summed E-state index contributed by atoms with van der Waals surface area (Å²) in [4.78, 5) is 0. The van der Waals surface area contributed by atoms with E-state index in [1.54, 1.807) is 0 Å². The third-order valence-corrected chi connectivity index (χ3v) is 0. The Labute approximate surface area is 28.6 Å². The molecule has 0 amide bonds. The van der Waals surface area contributed by atoms with E-state index in [9.17, 15) is 0 Å². The van der Waals surface area contributed by atoms with E-state index >= 15 is 0 Å². The minimum absolute atomic E-state index is 2.19. The molecule has 2 radical (unpaired) electrons. The van der Waals surface area contributed by atoms with Crippen LogP contribution in [0.5, 0.6) is 0 Å². The van der Waals surface area contributed by atoms with Crippen LogP contribution in [-0.2, 0) is 10.2 Å². The van der Waals surface area contributed by atoms with Crippen LogP contribution in [0.3, 0.4) is 0 Å². The molecule has 0 aliphatic rings. The third-order valence-electron chi connectivity index (χ3n) is 0. The molecule has 0 spiro atoms. The maximum Gasteiger partial charge on any atom is 0.298 e. The van der Waals surface area contributed by atoms with Gasteiger partial charge in [0.15, 0.2) is 0 Å². The van der Waals surface area contributed by atoms with E-state index in [4.69, 9.17) is 10.2 Å². The Balaban J connectivity index is 2.32. The number of halogens is 1. The van der Waals surface area contributed by atoms with Crippen molar-refractivity contribution in [2.45, 2.75) is 5.75 Å². The molecule has 0 aliphatic heterocycles. The summed E-state index contributed by atoms with van der Waals surface area (Å²) in [5, 5.41) is 17.5. The van der Waals surface area contributed by atoms with Crippen LogP contribution in [0.4, 0.5) is 0 Å². The van der Waals surface area contributed by atoms with Crippen LogP contribution in [0.25, 0.3) is 0 Å². The molecule has 4 heavy (non-hydrogen) atoms. The monoisotopic (exact) mass is 80.0 g/mol. The van der Waals surface area contributed by atoms with Crippen molar-refractivity contribution in [1.82, 2.24) is 0 Å². The second-order valence-corrected chi connectivity index (χ2v) is 0.631. The highest BCUT2D eigenvalue weighted by molar-refractivity contribution is 6.18. The maximum atomic E-state index is 8.74. The number of hydrogen-bond acceptors (Lipinski definition) is 0. The SMILES string of the molecule is [O]C([O])Cl. The molecule has 0 heterocycles. The van der Waals surface area contributed by atoms with Gasteiger partial charge in [-0.1, -0.05) is 11.6 Å². The Kier molecular flexibility index (Phi) is 1.60. The molecule has 0 rings (SSSR count). The first-order valence-corrected chi connectivity index (χ1v) is 1.13. The van der Waals surface area contributed by atoms with Crippen molar-refractivity contribution in [3.63, 3.8) is 0 Å². The van der Waals surface area contributed by atoms with Gasteiger partial charge in [0.2, 0.25) is 0 Å². The topological polar surface area (TPSA) is 39.8 Å². The number of rotatable bonds is 0. The molecule has 0 saturated heterocycles. The zero-order valence-corrected chi connectivity index (χ0v) is 2.53. The molecule has 3 heteroatoms. The van der Waals surface area contributed by atoms with Gasteiger partial charge in [0.05, 0.1) is 0 Å². The molecule has 0 aromatic carbocycles. The Bertz CT molecular complexity index is 10.8. The maximum absolute atomic E-state index is 8.74. The Morgan fingerprint density at radius 3 is 1.50 bits per heavy atom. The van der Waals surface area contributed by atoms with Gasteiger partial charge in [-0.25, -0.2) is 0 Å². The number of alkyl halides is 1. The van der Waals surface area contributed by atoms with Gasteiger partial charge in [-0.3, -0.25) is 0 Å². The van der Waals surface area contributed by atoms with Crippen LogP contribution in [0.2, 0.25) is 0 Å². The highest BCUT2D eigenvalue weighted by Crippen LogP contribution is 1.77. The van der Waals surface area contributed by atoms with Crippen molar-refractivity contribution in [1.29, 1.82) is 0 Å². The summed E-state index contributed by atoms with van der Waals surface area (Å²) >= 11 is 4.16. The molecule has 0 aromatic heterocycles. The fraction of sp³-hybridized carbons (Fsp3) is 1.00. The zero-order valence-electron chi connectivity index (χ0n) is 1.77. The largest absolute Gasteiger partial charge is 0.298 e. The van der Waals surface area contributed by atoms with Crippen LogP contribution < -0.4 is 0 Å². The van der Waals surface area contributed by atoms with Crippen LogP contribution >= 0.6 is 11.6 Å². The first-order chi connectivity index (χ1) is 1.73. The van der Waals surface area contributed by atoms with E-state index in [0.717, 1.165) is 0 Å². The fourth-order valence-electron chi connectivity index (χ4n) is 0. The summed E-state index contributed by atoms with van der Waals surface area (Å²) in [5.74, 6) is -2.19. The van der Waals surface area contributed by atoms with Crippen molar-refractivity contribution in [3.8, 4) is 0 Å². The molecule has 0 atom stereocenters. The van der Waals surface area contributed by atoms with Crippen molar-refractivity contribution in [3.05, 3.63) is 0 Å². The molecule has 0 fully saturated rings. The molecule has 0 aromatic rings. The van der Waals surface area contributed by atoms with Gasteiger partial charge in [0, 0.05) is 0 Å². The molecule has 0 unspecified atom stereocenters. The summed E-state index contributed by atoms with van der Waals surface area (Å²) in [7, 11) is 0. The van der Waals surface area contributed by atoms with E-state index in [2.05, 4.69) is 11.6 Å². The minimum atomic E-state index is -2.19. The zero-order chi connectivity index (χ0) is 3.58. The summed E-state index contributed by atoms with van der Waals surface area (Å²) in [6, 6.07) is 0. The smallest absolute Gasteiger partial charge is 0.180 e. The fourth-order valence-corrected chi connectivity index (χ4v) is 0. The highest BCUT2D eigenvalue weighted by atomic mass is 35.5. The average molecular weight is 80.5 g/mol. The normalized spacial score (nSPS) is 9.00. The lowest BCUT2D eigenvalue weighted by Crippen LogP contribution is -1.80. The number of hydrogen-bond donors (Lipinski definition) is 0. The quantitative estimate of drug-likeness (QED) is 0.298. The third kappa shape index (κ3) is 73.4. The van der Waals surface area contributed by atoms with Gasteiger partial charge in [0.1, 0.15) is 0 Å². The van der Waals surface area contributed by atoms with Crippen molar-refractivity contribution >= 4 is 11.6 Å². The Morgan fingerprint density at radius 2 is 1.50 bits per heavy atom. The lowest BCUT2D eigenvalue weighted by molar-refractivity contribution is -0.0716. The highest BCUT2D eigenvalue weighted by Gasteiger charge is 1.83. The second kappa shape index (κ2) is 1.52. The first-order valence-electron chi connectivity index (χ1n) is 0.690. The minimum Gasteiger partial charge on any atom is -0.180 e. The molecular formula is CHClO2. The van der Waals surface area contributed by atoms with Gasteiger partial charge in [0.25, 0.3) is 5.75 Å². The second-order valence-electron chi connectivity index (χ2n) is 0.274. The molecule has 0 aliphatic carbocycles. The van der Waals surface area contributed by atoms with Crippen LogP contribution in [0.15, 0.2) is 0 Å². The van der Waals surface area contributed by atoms with Crippen molar-refractivity contribution in [2.24, 2.45) is 0 Å². The summed E-state index contributed by atoms with van der Waals surface area (Å²) in [5.41, 5.74) is 0. The van der Waals surface area contributed by atoms with E-state index in [-0.39, 0.29) is 0 Å². The van der Waals surface area contributed by atoms with Crippen molar-refractivity contribution < 1.29 is 10.2 Å². The summed E-state index contributed by atoms with van der Waals surface area (Å²) < 4.78 is 0. The Hall–Kier alpha value is 0.210. The predicted molar refractivity (Wildman–Crippen MR) is 11.0 cm³/mol. The van der Waals surface area contributed by atoms with E-state index in [1.165, 1.54) is 0 Å². The van der Waals surface area contributed by atoms with Gasteiger partial charge in [-0.05, 0) is 0 Å². The van der Waals surface area contributed by atoms with Crippen LogP contribution in [0, 0.1) is 0 Å². The lowest BCUT2D eigenvalue weighted by atomic mass is 11.5. The Morgan fingerprint density at radius 1 is 1.50 bits per heavy atom. The van der Waals surface area contributed by atoms with Crippen LogP contribution in [0.1, 0.15) is 0 Å². The van der Waals surface area contributed by atoms with Gasteiger partial charge in [-0.15, -0.1) is 0 Å². The molecule has 0 N–H and O–H groups in total. The molecular weight excluding hydrogens is 79.5 g/mol. The molecule has 0 bridgehead atoms. The van der Waals surface area contributed by atoms with E-state index in [1.807, 2.05) is 0 Å². The average Bonchev–Trinajstić information content (AvgIpc) is 0.811. The lowest BCUT2D eigenvalue weighted by Gasteiger charge is -1.67. The molecule has 0 saturated carbocycles. The van der Waals surface area contributed by atoms with Crippen molar-refractivity contribution in [2.75, 3.05) is 0 Å². The first kappa shape index (κ1) is 4.21. The van der Waals surface area contributed by atoms with Gasteiger partial charge < -0.3 is 0 Å². The molecule has 2 nitrogen and oxygen atoms in total. The van der Waals surface area contributed by atoms with Gasteiger partial charge >= 0.3 is 0 Å². The van der Waals surface area contributed by atoms with Crippen LogP contribution in [-0.4, -0.2) is 5.75 Å². The molecule has 24 valence electrons. The standard InChI is InChI=1S/CHClO2/c2-1(3)4/h1H.